The highest BCUT2D eigenvalue weighted by Crippen LogP contribution is 2.40. The van der Waals surface area contributed by atoms with E-state index in [0.29, 0.717) is 11.0 Å². The predicted molar refractivity (Wildman–Crippen MR) is 88.1 cm³/mol. The minimum Gasteiger partial charge on any atom is -0.308 e. The Kier molecular flexibility index (Phi) is 5.18. The molecule has 118 valence electrons. The molecule has 1 saturated heterocycles. The van der Waals surface area contributed by atoms with E-state index in [1.165, 1.54) is 58.2 Å². The molecule has 2 fully saturated rings. The number of nitrogens with one attached hydrogen (secondary N) is 1. The molecule has 0 aromatic heterocycles. The second-order valence-corrected chi connectivity index (χ2v) is 8.10. The zero-order valence-corrected chi connectivity index (χ0v) is 14.5. The minimum absolute atomic E-state index is 0.361. The number of hydrogen-bond acceptors (Lipinski definition) is 2. The van der Waals surface area contributed by atoms with Gasteiger partial charge in [0, 0.05) is 31.2 Å². The summed E-state index contributed by atoms with van der Waals surface area (Å²) in [6.45, 7) is 15.7. The van der Waals surface area contributed by atoms with Gasteiger partial charge >= 0.3 is 0 Å². The normalized spacial score (nSPS) is 30.0. The van der Waals surface area contributed by atoms with Crippen LogP contribution in [-0.4, -0.2) is 36.1 Å². The minimum atomic E-state index is 0.361. The molecule has 0 radical (unpaired) electrons. The number of hydrogen-bond donors (Lipinski definition) is 1. The van der Waals surface area contributed by atoms with Crippen molar-refractivity contribution < 1.29 is 0 Å². The zero-order chi connectivity index (χ0) is 14.8. The Balaban J connectivity index is 2.10. The standard InChI is InChI=1S/C18H36N2/c1-6-18(7-2)14-20(16(12-19-18)15(3)4)13-17(5)10-8-9-11-17/h15-16,19H,6-14H2,1-5H3. The molecule has 0 aromatic rings. The molecule has 1 aliphatic heterocycles. The fourth-order valence-corrected chi connectivity index (χ4v) is 4.44. The van der Waals surface area contributed by atoms with E-state index in [2.05, 4.69) is 44.8 Å². The van der Waals surface area contributed by atoms with Crippen molar-refractivity contribution in [1.29, 1.82) is 0 Å². The van der Waals surface area contributed by atoms with Crippen LogP contribution in [0.15, 0.2) is 0 Å². The smallest absolute Gasteiger partial charge is 0.0304 e. The molecule has 1 heterocycles. The third-order valence-electron chi connectivity index (χ3n) is 6.18. The van der Waals surface area contributed by atoms with Crippen molar-refractivity contribution >= 4 is 0 Å². The van der Waals surface area contributed by atoms with E-state index in [1.54, 1.807) is 0 Å². The molecular weight excluding hydrogens is 244 g/mol. The van der Waals surface area contributed by atoms with Crippen LogP contribution in [-0.2, 0) is 0 Å². The average molecular weight is 280 g/mol. The highest BCUT2D eigenvalue weighted by atomic mass is 15.3. The first kappa shape index (κ1) is 16.3. The van der Waals surface area contributed by atoms with Gasteiger partial charge in [-0.25, -0.2) is 0 Å². The third-order valence-corrected chi connectivity index (χ3v) is 6.18. The maximum atomic E-state index is 3.89. The van der Waals surface area contributed by atoms with Crippen molar-refractivity contribution in [3.8, 4) is 0 Å². The van der Waals surface area contributed by atoms with E-state index in [0.717, 1.165) is 12.0 Å². The third kappa shape index (κ3) is 3.39. The van der Waals surface area contributed by atoms with Crippen LogP contribution in [0.2, 0.25) is 0 Å². The van der Waals surface area contributed by atoms with Gasteiger partial charge in [0.2, 0.25) is 0 Å². The van der Waals surface area contributed by atoms with Gasteiger partial charge in [-0.3, -0.25) is 4.90 Å². The van der Waals surface area contributed by atoms with Crippen LogP contribution in [0.25, 0.3) is 0 Å². The van der Waals surface area contributed by atoms with Crippen molar-refractivity contribution in [2.24, 2.45) is 11.3 Å². The molecule has 2 aliphatic rings. The Bertz CT molecular complexity index is 299. The summed E-state index contributed by atoms with van der Waals surface area (Å²) in [5.41, 5.74) is 0.943. The van der Waals surface area contributed by atoms with E-state index in [-0.39, 0.29) is 0 Å². The molecule has 20 heavy (non-hydrogen) atoms. The van der Waals surface area contributed by atoms with Gasteiger partial charge in [-0.2, -0.15) is 0 Å². The molecule has 1 N–H and O–H groups in total. The average Bonchev–Trinajstić information content (AvgIpc) is 2.84. The van der Waals surface area contributed by atoms with E-state index in [1.807, 2.05) is 0 Å². The van der Waals surface area contributed by atoms with Gasteiger partial charge in [0.25, 0.3) is 0 Å². The SMILES string of the molecule is CCC1(CC)CN(CC2(C)CCCC2)C(C(C)C)CN1. The van der Waals surface area contributed by atoms with Gasteiger partial charge in [0.1, 0.15) is 0 Å². The lowest BCUT2D eigenvalue weighted by molar-refractivity contribution is 0.0207. The summed E-state index contributed by atoms with van der Waals surface area (Å²) in [7, 11) is 0. The van der Waals surface area contributed by atoms with Crippen LogP contribution >= 0.6 is 0 Å². The number of nitrogens with zero attached hydrogens (tertiary/aromatic N) is 1. The van der Waals surface area contributed by atoms with Crippen molar-refractivity contribution in [2.75, 3.05) is 19.6 Å². The lowest BCUT2D eigenvalue weighted by Crippen LogP contribution is -2.66. The molecule has 1 saturated carbocycles. The Morgan fingerprint density at radius 2 is 1.75 bits per heavy atom. The fourth-order valence-electron chi connectivity index (χ4n) is 4.44. The topological polar surface area (TPSA) is 15.3 Å². The second kappa shape index (κ2) is 6.36. The molecule has 0 spiro atoms. The van der Waals surface area contributed by atoms with E-state index in [9.17, 15) is 0 Å². The van der Waals surface area contributed by atoms with E-state index >= 15 is 0 Å². The molecule has 1 unspecified atom stereocenters. The van der Waals surface area contributed by atoms with Gasteiger partial charge in [-0.05, 0) is 37.0 Å². The van der Waals surface area contributed by atoms with Gasteiger partial charge in [-0.1, -0.05) is 47.5 Å². The summed E-state index contributed by atoms with van der Waals surface area (Å²) in [4.78, 5) is 2.85. The quantitative estimate of drug-likeness (QED) is 0.817. The Hall–Kier alpha value is -0.0800. The van der Waals surface area contributed by atoms with E-state index < -0.39 is 0 Å². The van der Waals surface area contributed by atoms with Crippen LogP contribution in [0.4, 0.5) is 0 Å². The lowest BCUT2D eigenvalue weighted by atomic mass is 9.82. The van der Waals surface area contributed by atoms with E-state index in [4.69, 9.17) is 0 Å². The summed E-state index contributed by atoms with van der Waals surface area (Å²) in [5.74, 6) is 0.749. The predicted octanol–water partition coefficient (Wildman–Crippen LogP) is 4.06. The van der Waals surface area contributed by atoms with Crippen molar-refractivity contribution in [1.82, 2.24) is 10.2 Å². The van der Waals surface area contributed by atoms with Crippen molar-refractivity contribution in [2.45, 2.75) is 84.7 Å². The van der Waals surface area contributed by atoms with Crippen LogP contribution in [0, 0.1) is 11.3 Å². The molecule has 2 nitrogen and oxygen atoms in total. The molecule has 0 bridgehead atoms. The zero-order valence-electron chi connectivity index (χ0n) is 14.5. The lowest BCUT2D eigenvalue weighted by Gasteiger charge is -2.51. The number of rotatable bonds is 5. The van der Waals surface area contributed by atoms with Crippen LogP contribution in [0.3, 0.4) is 0 Å². The van der Waals surface area contributed by atoms with Crippen LogP contribution in [0.1, 0.15) is 73.1 Å². The summed E-state index contributed by atoms with van der Waals surface area (Å²) < 4.78 is 0. The largest absolute Gasteiger partial charge is 0.308 e. The summed E-state index contributed by atoms with van der Waals surface area (Å²) in [6.07, 6.45) is 8.27. The molecule has 1 aliphatic carbocycles. The molecular formula is C18H36N2. The Labute approximate surface area is 126 Å². The highest BCUT2D eigenvalue weighted by Gasteiger charge is 2.41. The maximum absolute atomic E-state index is 3.89. The fraction of sp³-hybridized carbons (Fsp3) is 1.00. The first-order chi connectivity index (χ1) is 9.44. The van der Waals surface area contributed by atoms with Crippen molar-refractivity contribution in [3.63, 3.8) is 0 Å². The first-order valence-corrected chi connectivity index (χ1v) is 8.93. The summed E-state index contributed by atoms with van der Waals surface area (Å²) in [6, 6.07) is 0.721. The van der Waals surface area contributed by atoms with Gasteiger partial charge in [0.15, 0.2) is 0 Å². The Morgan fingerprint density at radius 3 is 2.25 bits per heavy atom. The molecule has 1 atom stereocenters. The Morgan fingerprint density at radius 1 is 1.15 bits per heavy atom. The highest BCUT2D eigenvalue weighted by molar-refractivity contribution is 4.99. The molecule has 2 rings (SSSR count). The number of piperazine rings is 1. The molecule has 0 aromatic carbocycles. The maximum Gasteiger partial charge on any atom is 0.0304 e. The van der Waals surface area contributed by atoms with Gasteiger partial charge in [-0.15, -0.1) is 0 Å². The molecule has 2 heteroatoms. The van der Waals surface area contributed by atoms with Gasteiger partial charge in [0.05, 0.1) is 0 Å². The monoisotopic (exact) mass is 280 g/mol. The van der Waals surface area contributed by atoms with Crippen molar-refractivity contribution in [3.05, 3.63) is 0 Å². The van der Waals surface area contributed by atoms with Crippen LogP contribution < -0.4 is 5.32 Å². The van der Waals surface area contributed by atoms with Crippen LogP contribution in [0.5, 0.6) is 0 Å². The molecule has 0 amide bonds. The summed E-state index contributed by atoms with van der Waals surface area (Å²) in [5, 5.41) is 3.89. The summed E-state index contributed by atoms with van der Waals surface area (Å²) >= 11 is 0. The second-order valence-electron chi connectivity index (χ2n) is 8.10. The first-order valence-electron chi connectivity index (χ1n) is 8.93. The van der Waals surface area contributed by atoms with Gasteiger partial charge < -0.3 is 5.32 Å².